The van der Waals surface area contributed by atoms with E-state index in [1.165, 1.54) is 0 Å². The van der Waals surface area contributed by atoms with Crippen LogP contribution in [0, 0.1) is 13.8 Å². The monoisotopic (exact) mass is 565 g/mol. The number of aromatic nitrogens is 7. The number of nitrogens with zero attached hydrogens (tertiary/aromatic N) is 6. The van der Waals surface area contributed by atoms with Gasteiger partial charge in [-0.25, -0.2) is 37.1 Å². The smallest absolute Gasteiger partial charge is 0.295 e. The van der Waals surface area contributed by atoms with E-state index >= 15 is 0 Å². The van der Waals surface area contributed by atoms with Crippen molar-refractivity contribution in [2.75, 3.05) is 16.9 Å². The first-order chi connectivity index (χ1) is 19.0. The summed E-state index contributed by atoms with van der Waals surface area (Å²) in [5, 5.41) is 10.8. The summed E-state index contributed by atoms with van der Waals surface area (Å²) in [6.07, 6.45) is 2.30. The van der Waals surface area contributed by atoms with Gasteiger partial charge in [0.25, 0.3) is 6.43 Å². The molecule has 1 fully saturated rings. The highest BCUT2D eigenvalue weighted by atomic mass is 32.2. The molecule has 0 saturated heterocycles. The molecule has 0 bridgehead atoms. The lowest BCUT2D eigenvalue weighted by molar-refractivity contribution is 0.142. The summed E-state index contributed by atoms with van der Waals surface area (Å²) in [7, 11) is -3.70. The summed E-state index contributed by atoms with van der Waals surface area (Å²) in [5.74, 6) is 0.713. The number of alkyl halides is 2. The summed E-state index contributed by atoms with van der Waals surface area (Å²) < 4.78 is 54.6. The number of imidazole rings is 1. The molecule has 206 valence electrons. The molecule has 0 unspecified atom stereocenters. The Morgan fingerprint density at radius 3 is 2.45 bits per heavy atom. The number of aryl methyl sites for hydroxylation is 2. The highest BCUT2D eigenvalue weighted by Crippen LogP contribution is 2.37. The van der Waals surface area contributed by atoms with Crippen molar-refractivity contribution < 1.29 is 17.2 Å². The topological polar surface area (TPSA) is 143 Å². The Morgan fingerprint density at radius 2 is 1.75 bits per heavy atom. The lowest BCUT2D eigenvalue weighted by Crippen LogP contribution is -2.05. The second-order valence-corrected chi connectivity index (χ2v) is 11.7. The van der Waals surface area contributed by atoms with E-state index in [0.717, 1.165) is 24.8 Å². The van der Waals surface area contributed by atoms with Crippen LogP contribution >= 0.6 is 0 Å². The van der Waals surface area contributed by atoms with Gasteiger partial charge in [0.15, 0.2) is 21.3 Å². The van der Waals surface area contributed by atoms with Crippen LogP contribution in [0.2, 0.25) is 0 Å². The van der Waals surface area contributed by atoms with E-state index in [2.05, 4.69) is 40.7 Å². The van der Waals surface area contributed by atoms with Crippen molar-refractivity contribution in [3.8, 4) is 11.3 Å². The van der Waals surface area contributed by atoms with Gasteiger partial charge in [-0.3, -0.25) is 4.68 Å². The Labute approximate surface area is 228 Å². The molecular formula is C26H25F2N9O2S. The van der Waals surface area contributed by atoms with Crippen LogP contribution in [-0.2, 0) is 9.84 Å². The van der Waals surface area contributed by atoms with E-state index in [-0.39, 0.29) is 27.6 Å². The SMILES string of the molecule is Cc1cc(Nc2cc(Nc3ccc(-c4ccn(C5CC5)n4)cc3S(C)(=O)=O)c3[nH]c(C(F)F)nc3n2)nc(C)n1. The van der Waals surface area contributed by atoms with Gasteiger partial charge in [-0.15, -0.1) is 0 Å². The Balaban J connectivity index is 1.42. The van der Waals surface area contributed by atoms with E-state index in [0.29, 0.717) is 34.6 Å². The summed E-state index contributed by atoms with van der Waals surface area (Å²) in [6.45, 7) is 3.57. The number of rotatable bonds is 8. The Bertz CT molecular complexity index is 1840. The number of pyridine rings is 1. The lowest BCUT2D eigenvalue weighted by atomic mass is 10.1. The van der Waals surface area contributed by atoms with Gasteiger partial charge in [-0.05, 0) is 44.9 Å². The van der Waals surface area contributed by atoms with E-state index in [9.17, 15) is 17.2 Å². The zero-order valence-corrected chi connectivity index (χ0v) is 22.6. The molecule has 1 saturated carbocycles. The van der Waals surface area contributed by atoms with E-state index < -0.39 is 22.1 Å². The minimum Gasteiger partial charge on any atom is -0.353 e. The highest BCUT2D eigenvalue weighted by molar-refractivity contribution is 7.90. The molecular weight excluding hydrogens is 540 g/mol. The second kappa shape index (κ2) is 9.62. The molecule has 11 nitrogen and oxygen atoms in total. The molecule has 0 amide bonds. The molecule has 0 radical (unpaired) electrons. The number of fused-ring (bicyclic) bond motifs is 1. The van der Waals surface area contributed by atoms with Crippen LogP contribution in [0.25, 0.3) is 22.4 Å². The van der Waals surface area contributed by atoms with Gasteiger partial charge in [0.05, 0.1) is 28.0 Å². The molecule has 6 rings (SSSR count). The minimum atomic E-state index is -3.70. The molecule has 1 aromatic carbocycles. The predicted molar refractivity (Wildman–Crippen MR) is 146 cm³/mol. The number of benzene rings is 1. The number of halogens is 2. The third-order valence-electron chi connectivity index (χ3n) is 6.38. The average Bonchev–Trinajstić information content (AvgIpc) is 3.43. The van der Waals surface area contributed by atoms with Crippen LogP contribution in [0.4, 0.5) is 31.8 Å². The first-order valence-corrected chi connectivity index (χ1v) is 14.4. The molecule has 4 heterocycles. The van der Waals surface area contributed by atoms with Crippen LogP contribution in [-0.4, -0.2) is 49.4 Å². The first kappa shape index (κ1) is 25.8. The highest BCUT2D eigenvalue weighted by Gasteiger charge is 2.25. The fraction of sp³-hybridized carbons (Fsp3) is 0.269. The first-order valence-electron chi connectivity index (χ1n) is 12.5. The Morgan fingerprint density at radius 1 is 0.975 bits per heavy atom. The van der Waals surface area contributed by atoms with Gasteiger partial charge in [0, 0.05) is 35.8 Å². The molecule has 0 atom stereocenters. The van der Waals surface area contributed by atoms with Gasteiger partial charge in [0.2, 0.25) is 0 Å². The molecule has 1 aliphatic carbocycles. The van der Waals surface area contributed by atoms with Crippen molar-refractivity contribution in [1.82, 2.24) is 34.7 Å². The van der Waals surface area contributed by atoms with Crippen molar-refractivity contribution in [3.63, 3.8) is 0 Å². The van der Waals surface area contributed by atoms with Crippen LogP contribution in [0.1, 0.15) is 42.7 Å². The molecule has 40 heavy (non-hydrogen) atoms. The normalized spacial score (nSPS) is 13.8. The van der Waals surface area contributed by atoms with Gasteiger partial charge in [0.1, 0.15) is 23.0 Å². The van der Waals surface area contributed by atoms with Crippen LogP contribution in [0.15, 0.2) is 47.5 Å². The fourth-order valence-electron chi connectivity index (χ4n) is 4.46. The third kappa shape index (κ3) is 5.21. The van der Waals surface area contributed by atoms with Crippen LogP contribution in [0.5, 0.6) is 0 Å². The predicted octanol–water partition coefficient (Wildman–Crippen LogP) is 5.39. The standard InChI is InChI=1S/C26H25F2N9O2S/c1-13-10-21(30-14(2)29-13)32-22-12-19(23-25(33-22)35-26(34-23)24(27)28)31-18-7-4-15(11-20(18)40(3,38)39)17-8-9-37(36-17)16-5-6-16/h4,7-12,16,24H,5-6H2,1-3H3,(H3,29,30,31,32,33,34,35). The van der Waals surface area contributed by atoms with E-state index in [4.69, 9.17) is 0 Å². The number of H-pyrrole nitrogens is 1. The molecule has 5 aromatic rings. The largest absolute Gasteiger partial charge is 0.353 e. The minimum absolute atomic E-state index is 0.0217. The average molecular weight is 566 g/mol. The maximum atomic E-state index is 13.5. The second-order valence-electron chi connectivity index (χ2n) is 9.76. The molecule has 3 N–H and O–H groups in total. The summed E-state index contributed by atoms with van der Waals surface area (Å²) in [5.41, 5.74) is 2.80. The van der Waals surface area contributed by atoms with Gasteiger partial charge < -0.3 is 15.6 Å². The maximum Gasteiger partial charge on any atom is 0.295 e. The quantitative estimate of drug-likeness (QED) is 0.226. The maximum absolute atomic E-state index is 13.5. The number of nitrogens with one attached hydrogen (secondary N) is 3. The fourth-order valence-corrected chi connectivity index (χ4v) is 5.31. The van der Waals surface area contributed by atoms with Crippen LogP contribution in [0.3, 0.4) is 0 Å². The Kier molecular flexibility index (Phi) is 6.21. The summed E-state index contributed by atoms with van der Waals surface area (Å²) in [6, 6.07) is 10.5. The third-order valence-corrected chi connectivity index (χ3v) is 7.52. The van der Waals surface area contributed by atoms with Crippen molar-refractivity contribution in [2.24, 2.45) is 0 Å². The van der Waals surface area contributed by atoms with Crippen molar-refractivity contribution in [2.45, 2.75) is 44.1 Å². The summed E-state index contributed by atoms with van der Waals surface area (Å²) >= 11 is 0. The molecule has 4 aromatic heterocycles. The number of sulfone groups is 1. The summed E-state index contributed by atoms with van der Waals surface area (Å²) in [4.78, 5) is 19.5. The van der Waals surface area contributed by atoms with Crippen molar-refractivity contribution in [1.29, 1.82) is 0 Å². The Hall–Kier alpha value is -4.46. The molecule has 0 aliphatic heterocycles. The molecule has 1 aliphatic rings. The zero-order chi connectivity index (χ0) is 28.2. The van der Waals surface area contributed by atoms with E-state index in [1.807, 2.05) is 23.9 Å². The number of hydrogen-bond acceptors (Lipinski definition) is 9. The number of hydrogen-bond donors (Lipinski definition) is 3. The molecule has 14 heteroatoms. The molecule has 0 spiro atoms. The van der Waals surface area contributed by atoms with Gasteiger partial charge in [-0.1, -0.05) is 6.07 Å². The van der Waals surface area contributed by atoms with E-state index in [1.54, 1.807) is 37.3 Å². The van der Waals surface area contributed by atoms with Gasteiger partial charge in [-0.2, -0.15) is 5.10 Å². The number of aromatic amines is 1. The zero-order valence-electron chi connectivity index (χ0n) is 21.8. The van der Waals surface area contributed by atoms with Gasteiger partial charge >= 0.3 is 0 Å². The van der Waals surface area contributed by atoms with Crippen molar-refractivity contribution in [3.05, 3.63) is 59.9 Å². The lowest BCUT2D eigenvalue weighted by Gasteiger charge is -2.14. The van der Waals surface area contributed by atoms with Crippen molar-refractivity contribution >= 4 is 44.0 Å². The number of anilines is 4. The van der Waals surface area contributed by atoms with Crippen LogP contribution < -0.4 is 10.6 Å².